The molecule has 2 rings (SSSR count). The fourth-order valence-electron chi connectivity index (χ4n) is 1.78. The van der Waals surface area contributed by atoms with Crippen LogP contribution < -0.4 is 4.31 Å². The summed E-state index contributed by atoms with van der Waals surface area (Å²) in [6, 6.07) is 5.08. The van der Waals surface area contributed by atoms with E-state index in [4.69, 9.17) is 5.11 Å². The molecule has 1 N–H and O–H groups in total. The number of rotatable bonds is 5. The highest BCUT2D eigenvalue weighted by Crippen LogP contribution is 2.28. The molecule has 1 heterocycles. The maximum atomic E-state index is 13.3. The van der Waals surface area contributed by atoms with Crippen molar-refractivity contribution in [3.8, 4) is 0 Å². The normalized spacial score (nSPS) is 11.3. The molecule has 0 radical (unpaired) electrons. The average molecular weight is 330 g/mol. The largest absolute Gasteiger partial charge is 0.476 e. The molecule has 6 nitrogen and oxygen atoms in total. The van der Waals surface area contributed by atoms with Crippen LogP contribution in [-0.2, 0) is 10.0 Å². The molecule has 0 amide bonds. The molecule has 1 aromatic heterocycles. The molecule has 0 aliphatic heterocycles. The predicted octanol–water partition coefficient (Wildman–Crippen LogP) is 2.20. The molecule has 0 atom stereocenters. The summed E-state index contributed by atoms with van der Waals surface area (Å²) in [5, 5.41) is 8.99. The molecule has 0 spiro atoms. The lowest BCUT2D eigenvalue weighted by molar-refractivity contribution is 0.0687. The molecule has 21 heavy (non-hydrogen) atoms. The van der Waals surface area contributed by atoms with Crippen molar-refractivity contribution in [2.24, 2.45) is 0 Å². The lowest BCUT2D eigenvalue weighted by atomic mass is 10.3. The van der Waals surface area contributed by atoms with Crippen LogP contribution in [0, 0.1) is 5.82 Å². The summed E-state index contributed by atoms with van der Waals surface area (Å²) < 4.78 is 39.0. The Morgan fingerprint density at radius 2 is 2.19 bits per heavy atom. The number of benzene rings is 1. The van der Waals surface area contributed by atoms with E-state index in [0.29, 0.717) is 11.3 Å². The highest BCUT2D eigenvalue weighted by Gasteiger charge is 2.31. The fraction of sp³-hybridized carbons (Fsp3) is 0.167. The van der Waals surface area contributed by atoms with Crippen LogP contribution in [0.5, 0.6) is 0 Å². The number of sulfonamides is 1. The van der Waals surface area contributed by atoms with Crippen LogP contribution in [0.15, 0.2) is 34.0 Å². The number of thiazole rings is 1. The zero-order valence-corrected chi connectivity index (χ0v) is 12.5. The Balaban J connectivity index is 2.55. The van der Waals surface area contributed by atoms with Crippen LogP contribution in [0.25, 0.3) is 0 Å². The van der Waals surface area contributed by atoms with E-state index in [1.165, 1.54) is 18.2 Å². The van der Waals surface area contributed by atoms with Crippen LogP contribution in [0.4, 0.5) is 10.1 Å². The Kier molecular flexibility index (Phi) is 4.24. The quantitative estimate of drug-likeness (QED) is 0.908. The molecule has 1 aromatic carbocycles. The molecule has 0 unspecified atom stereocenters. The Labute approximate surface area is 124 Å². The lowest BCUT2D eigenvalue weighted by Crippen LogP contribution is -2.31. The van der Waals surface area contributed by atoms with Crippen molar-refractivity contribution in [1.82, 2.24) is 4.98 Å². The third-order valence-corrected chi connectivity index (χ3v) is 5.90. The van der Waals surface area contributed by atoms with Gasteiger partial charge in [0.25, 0.3) is 10.0 Å². The number of hydrogen-bond acceptors (Lipinski definition) is 5. The van der Waals surface area contributed by atoms with Crippen LogP contribution in [0.3, 0.4) is 0 Å². The Hall–Kier alpha value is -2.00. The van der Waals surface area contributed by atoms with Gasteiger partial charge in [0.2, 0.25) is 0 Å². The van der Waals surface area contributed by atoms with Gasteiger partial charge in [0, 0.05) is 6.54 Å². The van der Waals surface area contributed by atoms with E-state index in [2.05, 4.69) is 4.98 Å². The van der Waals surface area contributed by atoms with Crippen molar-refractivity contribution < 1.29 is 22.7 Å². The number of nitrogens with zero attached hydrogens (tertiary/aromatic N) is 2. The van der Waals surface area contributed by atoms with Gasteiger partial charge in [-0.2, -0.15) is 0 Å². The topological polar surface area (TPSA) is 87.6 Å². The minimum Gasteiger partial charge on any atom is -0.476 e. The molecule has 0 fully saturated rings. The maximum absolute atomic E-state index is 13.3. The molecule has 112 valence electrons. The first-order valence-electron chi connectivity index (χ1n) is 5.83. The van der Waals surface area contributed by atoms with Gasteiger partial charge in [-0.25, -0.2) is 22.6 Å². The number of anilines is 1. The second-order valence-electron chi connectivity index (χ2n) is 3.94. The Bertz CT molecular complexity index is 773. The maximum Gasteiger partial charge on any atom is 0.356 e. The molecule has 0 saturated heterocycles. The van der Waals surface area contributed by atoms with E-state index in [1.807, 2.05) is 0 Å². The van der Waals surface area contributed by atoms with Crippen molar-refractivity contribution in [3.05, 3.63) is 41.3 Å². The number of carbonyl (C=O) groups is 1. The van der Waals surface area contributed by atoms with E-state index >= 15 is 0 Å². The van der Waals surface area contributed by atoms with Crippen LogP contribution in [0.1, 0.15) is 17.4 Å². The molecule has 0 aliphatic rings. The number of halogens is 1. The van der Waals surface area contributed by atoms with E-state index in [9.17, 15) is 17.6 Å². The van der Waals surface area contributed by atoms with E-state index < -0.39 is 27.5 Å². The third-order valence-electron chi connectivity index (χ3n) is 2.65. The zero-order valence-electron chi connectivity index (χ0n) is 10.9. The van der Waals surface area contributed by atoms with Crippen molar-refractivity contribution in [2.75, 3.05) is 10.8 Å². The minimum absolute atomic E-state index is 0.0305. The number of aromatic carboxylic acids is 1. The summed E-state index contributed by atoms with van der Waals surface area (Å²) in [4.78, 5) is 14.6. The first-order chi connectivity index (χ1) is 9.87. The Morgan fingerprint density at radius 1 is 1.48 bits per heavy atom. The molecule has 0 aliphatic carbocycles. The second kappa shape index (κ2) is 5.78. The van der Waals surface area contributed by atoms with E-state index in [-0.39, 0.29) is 16.4 Å². The van der Waals surface area contributed by atoms with Gasteiger partial charge in [0.05, 0.1) is 11.2 Å². The number of hydrogen-bond donors (Lipinski definition) is 1. The molecule has 0 bridgehead atoms. The van der Waals surface area contributed by atoms with Crippen molar-refractivity contribution in [3.63, 3.8) is 0 Å². The summed E-state index contributed by atoms with van der Waals surface area (Å²) in [5.74, 6) is -2.01. The van der Waals surface area contributed by atoms with Gasteiger partial charge in [-0.15, -0.1) is 11.3 Å². The van der Waals surface area contributed by atoms with E-state index in [0.717, 1.165) is 15.9 Å². The first kappa shape index (κ1) is 15.4. The average Bonchev–Trinajstić information content (AvgIpc) is 2.89. The molecule has 2 aromatic rings. The lowest BCUT2D eigenvalue weighted by Gasteiger charge is -2.22. The van der Waals surface area contributed by atoms with Gasteiger partial charge in [0.15, 0.2) is 9.90 Å². The minimum atomic E-state index is -4.11. The van der Waals surface area contributed by atoms with Crippen LogP contribution >= 0.6 is 11.3 Å². The second-order valence-corrected chi connectivity index (χ2v) is 6.86. The van der Waals surface area contributed by atoms with Crippen LogP contribution in [0.2, 0.25) is 0 Å². The summed E-state index contributed by atoms with van der Waals surface area (Å²) in [6.07, 6.45) is 0. The summed E-state index contributed by atoms with van der Waals surface area (Å²) >= 11 is 0.712. The van der Waals surface area contributed by atoms with Gasteiger partial charge in [-0.1, -0.05) is 6.07 Å². The number of carboxylic acids is 1. The molecular weight excluding hydrogens is 319 g/mol. The molecule has 0 saturated carbocycles. The highest BCUT2D eigenvalue weighted by atomic mass is 32.2. The smallest absolute Gasteiger partial charge is 0.356 e. The summed E-state index contributed by atoms with van der Waals surface area (Å²) in [7, 11) is -4.11. The fourth-order valence-corrected chi connectivity index (χ4v) is 4.49. The van der Waals surface area contributed by atoms with Crippen molar-refractivity contribution in [1.29, 1.82) is 0 Å². The van der Waals surface area contributed by atoms with Gasteiger partial charge in [-0.05, 0) is 25.1 Å². The molecular formula is C12H11FN2O4S2. The number of aromatic nitrogens is 1. The third kappa shape index (κ3) is 2.88. The van der Waals surface area contributed by atoms with Crippen molar-refractivity contribution >= 4 is 33.0 Å². The van der Waals surface area contributed by atoms with Crippen molar-refractivity contribution in [2.45, 2.75) is 11.1 Å². The van der Waals surface area contributed by atoms with Crippen LogP contribution in [-0.4, -0.2) is 31.0 Å². The Morgan fingerprint density at radius 3 is 2.76 bits per heavy atom. The van der Waals surface area contributed by atoms with Gasteiger partial charge >= 0.3 is 5.97 Å². The standard InChI is InChI=1S/C12H11FN2O4S2/c1-2-15(9-5-3-4-8(13)6-9)21(18,19)12-10(11(16)17)14-7-20-12/h3-7H,2H2,1H3,(H,16,17). The predicted molar refractivity (Wildman–Crippen MR) is 75.7 cm³/mol. The SMILES string of the molecule is CCN(c1cccc(F)c1)S(=O)(=O)c1scnc1C(=O)O. The summed E-state index contributed by atoms with van der Waals surface area (Å²) in [5.41, 5.74) is 0.743. The monoisotopic (exact) mass is 330 g/mol. The van der Waals surface area contributed by atoms with Gasteiger partial charge in [-0.3, -0.25) is 4.31 Å². The zero-order chi connectivity index (χ0) is 15.6. The summed E-state index contributed by atoms with van der Waals surface area (Å²) in [6.45, 7) is 1.60. The van der Waals surface area contributed by atoms with Gasteiger partial charge in [0.1, 0.15) is 5.82 Å². The first-order valence-corrected chi connectivity index (χ1v) is 8.15. The van der Waals surface area contributed by atoms with Gasteiger partial charge < -0.3 is 5.11 Å². The van der Waals surface area contributed by atoms with E-state index in [1.54, 1.807) is 6.92 Å². The molecule has 9 heteroatoms. The number of carboxylic acid groups (broad SMARTS) is 1. The highest BCUT2D eigenvalue weighted by molar-refractivity contribution is 7.94.